The first kappa shape index (κ1) is 24.4. The van der Waals surface area contributed by atoms with E-state index >= 15 is 0 Å². The molecule has 6 nitrogen and oxygen atoms in total. The standard InChI is InChI=1S/C24H32Br2O6/c1-19(2)21(5)7-9-23(19,13(25)15(21)27)17(29)31-11-12-32-18(30)24-10-8-22(6,20(24,3)4)16(28)14(24)26/h13-14H,7-12H2,1-6H3. The van der Waals surface area contributed by atoms with E-state index in [0.717, 1.165) is 0 Å². The Morgan fingerprint density at radius 2 is 1.03 bits per heavy atom. The van der Waals surface area contributed by atoms with E-state index in [4.69, 9.17) is 9.47 Å². The van der Waals surface area contributed by atoms with Gasteiger partial charge in [0, 0.05) is 10.8 Å². The summed E-state index contributed by atoms with van der Waals surface area (Å²) >= 11 is 6.97. The topological polar surface area (TPSA) is 86.7 Å². The number of Topliss-reactive ketones (excluding diaryl/α,β-unsaturated/α-hetero) is 2. The van der Waals surface area contributed by atoms with Gasteiger partial charge in [-0.2, -0.15) is 0 Å². The molecule has 8 heteroatoms. The molecule has 4 rings (SSSR count). The van der Waals surface area contributed by atoms with Crippen molar-refractivity contribution in [2.24, 2.45) is 32.5 Å². The van der Waals surface area contributed by atoms with Gasteiger partial charge in [0.15, 0.2) is 11.6 Å². The lowest BCUT2D eigenvalue weighted by Crippen LogP contribution is -2.47. The lowest BCUT2D eigenvalue weighted by atomic mass is 9.65. The van der Waals surface area contributed by atoms with E-state index < -0.39 is 54.1 Å². The highest BCUT2D eigenvalue weighted by Crippen LogP contribution is 2.73. The molecule has 0 saturated heterocycles. The summed E-state index contributed by atoms with van der Waals surface area (Å²) in [5.41, 5.74) is -4.04. The van der Waals surface area contributed by atoms with E-state index in [2.05, 4.69) is 31.9 Å². The van der Waals surface area contributed by atoms with Gasteiger partial charge >= 0.3 is 11.9 Å². The maximum atomic E-state index is 13.2. The predicted molar refractivity (Wildman–Crippen MR) is 124 cm³/mol. The van der Waals surface area contributed by atoms with Crippen molar-refractivity contribution in [1.29, 1.82) is 0 Å². The monoisotopic (exact) mass is 574 g/mol. The van der Waals surface area contributed by atoms with Crippen LogP contribution in [0.25, 0.3) is 0 Å². The molecule has 4 bridgehead atoms. The van der Waals surface area contributed by atoms with Crippen LogP contribution in [0.4, 0.5) is 0 Å². The minimum absolute atomic E-state index is 0.0528. The van der Waals surface area contributed by atoms with Gasteiger partial charge in [-0.15, -0.1) is 0 Å². The number of esters is 2. The maximum Gasteiger partial charge on any atom is 0.314 e. The molecular formula is C24H32Br2O6. The number of rotatable bonds is 5. The average Bonchev–Trinajstić information content (AvgIpc) is 3.16. The highest BCUT2D eigenvalue weighted by Gasteiger charge is 2.78. The van der Waals surface area contributed by atoms with Crippen molar-refractivity contribution < 1.29 is 28.7 Å². The van der Waals surface area contributed by atoms with E-state index in [9.17, 15) is 19.2 Å². The first-order valence-corrected chi connectivity index (χ1v) is 13.1. The number of carbonyl (C=O) groups is 4. The molecule has 32 heavy (non-hydrogen) atoms. The first-order chi connectivity index (χ1) is 14.6. The highest BCUT2D eigenvalue weighted by atomic mass is 79.9. The molecule has 0 aromatic carbocycles. The van der Waals surface area contributed by atoms with Crippen molar-refractivity contribution in [3.05, 3.63) is 0 Å². The van der Waals surface area contributed by atoms with Crippen LogP contribution in [0.15, 0.2) is 0 Å². The number of halogens is 2. The summed E-state index contributed by atoms with van der Waals surface area (Å²) in [6.07, 6.45) is 2.48. The van der Waals surface area contributed by atoms with Crippen molar-refractivity contribution in [3.63, 3.8) is 0 Å². The molecule has 0 N–H and O–H groups in total. The molecule has 0 spiro atoms. The summed E-state index contributed by atoms with van der Waals surface area (Å²) in [4.78, 5) is 50.9. The Labute approximate surface area is 206 Å². The Morgan fingerprint density at radius 3 is 1.28 bits per heavy atom. The minimum atomic E-state index is -0.921. The van der Waals surface area contributed by atoms with Crippen molar-refractivity contribution in [1.82, 2.24) is 0 Å². The SMILES string of the molecule is CC12CCC(C(=O)OCCOC(=O)C34CCC(C)(C(=O)C3Br)C4(C)C)(C(Br)C1=O)C2(C)C. The van der Waals surface area contributed by atoms with Crippen LogP contribution >= 0.6 is 31.9 Å². The minimum Gasteiger partial charge on any atom is -0.462 e. The van der Waals surface area contributed by atoms with E-state index in [0.29, 0.717) is 25.7 Å². The molecule has 4 aliphatic carbocycles. The van der Waals surface area contributed by atoms with Gasteiger partial charge in [0.2, 0.25) is 0 Å². The van der Waals surface area contributed by atoms with Crippen LogP contribution in [0, 0.1) is 32.5 Å². The normalized spacial score (nSPS) is 45.4. The Bertz CT molecular complexity index is 853. The van der Waals surface area contributed by atoms with Gasteiger partial charge in [0.25, 0.3) is 0 Å². The Morgan fingerprint density at radius 1 is 0.719 bits per heavy atom. The van der Waals surface area contributed by atoms with Crippen LogP contribution in [0.3, 0.4) is 0 Å². The molecule has 0 radical (unpaired) electrons. The van der Waals surface area contributed by atoms with Crippen molar-refractivity contribution >= 4 is 55.4 Å². The second-order valence-corrected chi connectivity index (χ2v) is 13.4. The van der Waals surface area contributed by atoms with Crippen LogP contribution in [0.2, 0.25) is 0 Å². The van der Waals surface area contributed by atoms with E-state index in [-0.39, 0.29) is 24.8 Å². The van der Waals surface area contributed by atoms with E-state index in [1.807, 2.05) is 41.5 Å². The highest BCUT2D eigenvalue weighted by molar-refractivity contribution is 9.10. The second kappa shape index (κ2) is 6.89. The number of ether oxygens (including phenoxy) is 2. The molecule has 6 unspecified atom stereocenters. The number of ketones is 2. The summed E-state index contributed by atoms with van der Waals surface area (Å²) in [7, 11) is 0. The van der Waals surface area contributed by atoms with Crippen LogP contribution < -0.4 is 0 Å². The number of hydrogen-bond acceptors (Lipinski definition) is 6. The van der Waals surface area contributed by atoms with Crippen LogP contribution in [-0.2, 0) is 28.7 Å². The quantitative estimate of drug-likeness (QED) is 0.274. The molecule has 4 fully saturated rings. The van der Waals surface area contributed by atoms with Crippen LogP contribution in [0.5, 0.6) is 0 Å². The van der Waals surface area contributed by atoms with Crippen molar-refractivity contribution in [2.45, 2.75) is 76.9 Å². The van der Waals surface area contributed by atoms with Crippen LogP contribution in [0.1, 0.15) is 67.2 Å². The van der Waals surface area contributed by atoms with E-state index in [1.54, 1.807) is 0 Å². The molecule has 0 aliphatic heterocycles. The summed E-state index contributed by atoms with van der Waals surface area (Å²) in [5, 5.41) is 0. The zero-order valence-corrected chi connectivity index (χ0v) is 22.8. The molecular weight excluding hydrogens is 544 g/mol. The lowest BCUT2D eigenvalue weighted by Gasteiger charge is -2.39. The Balaban J connectivity index is 1.42. The van der Waals surface area contributed by atoms with Gasteiger partial charge in [-0.25, -0.2) is 0 Å². The first-order valence-electron chi connectivity index (χ1n) is 11.3. The average molecular weight is 576 g/mol. The number of fused-ring (bicyclic) bond motifs is 4. The molecule has 178 valence electrons. The Kier molecular flexibility index (Phi) is 5.25. The molecule has 0 amide bonds. The third kappa shape index (κ3) is 2.32. The van der Waals surface area contributed by atoms with Crippen LogP contribution in [-0.4, -0.2) is 46.4 Å². The summed E-state index contributed by atoms with van der Waals surface area (Å²) < 4.78 is 11.2. The molecule has 4 saturated carbocycles. The van der Waals surface area contributed by atoms with Gasteiger partial charge in [-0.3, -0.25) is 19.2 Å². The van der Waals surface area contributed by atoms with Gasteiger partial charge < -0.3 is 9.47 Å². The van der Waals surface area contributed by atoms with Crippen molar-refractivity contribution in [2.75, 3.05) is 13.2 Å². The van der Waals surface area contributed by atoms with E-state index in [1.165, 1.54) is 0 Å². The Hall–Kier alpha value is -0.760. The number of carbonyl (C=O) groups excluding carboxylic acids is 4. The molecule has 0 aromatic heterocycles. The van der Waals surface area contributed by atoms with Gasteiger partial charge in [-0.1, -0.05) is 73.4 Å². The van der Waals surface area contributed by atoms with Gasteiger partial charge in [0.05, 0.1) is 20.5 Å². The van der Waals surface area contributed by atoms with Crippen molar-refractivity contribution in [3.8, 4) is 0 Å². The second-order valence-electron chi connectivity index (χ2n) is 11.6. The predicted octanol–water partition coefficient (Wildman–Crippen LogP) is 4.39. The fourth-order valence-electron chi connectivity index (χ4n) is 7.33. The fraction of sp³-hybridized carbons (Fsp3) is 0.833. The third-order valence-electron chi connectivity index (χ3n) is 10.7. The van der Waals surface area contributed by atoms with Gasteiger partial charge in [-0.05, 0) is 36.5 Å². The fourth-order valence-corrected chi connectivity index (χ4v) is 10.3. The molecule has 6 atom stereocenters. The number of alkyl halides is 2. The molecule has 0 heterocycles. The zero-order chi connectivity index (χ0) is 24.1. The van der Waals surface area contributed by atoms with Gasteiger partial charge in [0.1, 0.15) is 13.2 Å². The number of hydrogen-bond donors (Lipinski definition) is 0. The largest absolute Gasteiger partial charge is 0.462 e. The summed E-state index contributed by atoms with van der Waals surface area (Å²) in [6, 6.07) is 0. The zero-order valence-electron chi connectivity index (χ0n) is 19.6. The lowest BCUT2D eigenvalue weighted by molar-refractivity contribution is -0.170. The molecule has 0 aromatic rings. The summed E-state index contributed by atoms with van der Waals surface area (Å²) in [5.74, 6) is -0.735. The maximum absolute atomic E-state index is 13.2. The molecule has 4 aliphatic rings. The smallest absolute Gasteiger partial charge is 0.314 e. The summed E-state index contributed by atoms with van der Waals surface area (Å²) in [6.45, 7) is 11.6. The third-order valence-corrected chi connectivity index (χ3v) is 13.1.